The highest BCUT2D eigenvalue weighted by Gasteiger charge is 2.15. The summed E-state index contributed by atoms with van der Waals surface area (Å²) in [6, 6.07) is 10.1. The van der Waals surface area contributed by atoms with Gasteiger partial charge in [-0.1, -0.05) is 18.2 Å². The summed E-state index contributed by atoms with van der Waals surface area (Å²) in [6.45, 7) is 7.76. The number of benzene rings is 1. The van der Waals surface area contributed by atoms with Gasteiger partial charge in [-0.15, -0.1) is 0 Å². The summed E-state index contributed by atoms with van der Waals surface area (Å²) >= 11 is 0. The number of aryl methyl sites for hydroxylation is 1. The van der Waals surface area contributed by atoms with Crippen LogP contribution in [-0.4, -0.2) is 34.1 Å². The van der Waals surface area contributed by atoms with Crippen molar-refractivity contribution < 1.29 is 5.11 Å². The number of hydrogen-bond acceptors (Lipinski definition) is 4. The first kappa shape index (κ1) is 15.4. The maximum Gasteiger partial charge on any atom is 0.0910 e. The minimum absolute atomic E-state index is 0.452. The standard InChI is InChI=1S/C16H24N4O/c1-4-19(14-8-6-5-7-9-14)10-15(21)11-20-13(3)16(17)12(2)18-20/h5-9,15,21H,4,10-11,17H2,1-3H3. The maximum atomic E-state index is 10.3. The summed E-state index contributed by atoms with van der Waals surface area (Å²) in [5.74, 6) is 0. The van der Waals surface area contributed by atoms with Crippen LogP contribution in [0.1, 0.15) is 18.3 Å². The summed E-state index contributed by atoms with van der Waals surface area (Å²) in [7, 11) is 0. The number of nitrogens with zero attached hydrogens (tertiary/aromatic N) is 3. The van der Waals surface area contributed by atoms with Crippen molar-refractivity contribution >= 4 is 11.4 Å². The van der Waals surface area contributed by atoms with Crippen LogP contribution in [0.3, 0.4) is 0 Å². The first-order chi connectivity index (χ1) is 10.0. The van der Waals surface area contributed by atoms with Gasteiger partial charge in [0.05, 0.1) is 29.7 Å². The molecule has 0 aliphatic heterocycles. The van der Waals surface area contributed by atoms with E-state index < -0.39 is 6.10 Å². The Balaban J connectivity index is 2.03. The zero-order valence-corrected chi connectivity index (χ0v) is 13.0. The third kappa shape index (κ3) is 3.55. The van der Waals surface area contributed by atoms with E-state index in [9.17, 15) is 5.11 Å². The smallest absolute Gasteiger partial charge is 0.0910 e. The molecule has 1 heterocycles. The molecule has 1 aromatic heterocycles. The van der Waals surface area contributed by atoms with Gasteiger partial charge in [0.2, 0.25) is 0 Å². The number of likely N-dealkylation sites (N-methyl/N-ethyl adjacent to an activating group) is 1. The van der Waals surface area contributed by atoms with E-state index in [-0.39, 0.29) is 0 Å². The van der Waals surface area contributed by atoms with Crippen LogP contribution in [0.5, 0.6) is 0 Å². The Labute approximate surface area is 126 Å². The zero-order chi connectivity index (χ0) is 15.4. The van der Waals surface area contributed by atoms with Crippen LogP contribution in [0.2, 0.25) is 0 Å². The first-order valence-corrected chi connectivity index (χ1v) is 7.30. The van der Waals surface area contributed by atoms with Crippen molar-refractivity contribution in [2.75, 3.05) is 23.7 Å². The topological polar surface area (TPSA) is 67.3 Å². The second kappa shape index (κ2) is 6.63. The lowest BCUT2D eigenvalue weighted by Crippen LogP contribution is -2.35. The van der Waals surface area contributed by atoms with Gasteiger partial charge >= 0.3 is 0 Å². The number of aromatic nitrogens is 2. The zero-order valence-electron chi connectivity index (χ0n) is 13.0. The Kier molecular flexibility index (Phi) is 4.85. The molecule has 5 heteroatoms. The van der Waals surface area contributed by atoms with Gasteiger partial charge < -0.3 is 15.7 Å². The Morgan fingerprint density at radius 2 is 1.95 bits per heavy atom. The minimum Gasteiger partial charge on any atom is -0.396 e. The van der Waals surface area contributed by atoms with Gasteiger partial charge in [-0.25, -0.2) is 0 Å². The molecule has 0 saturated carbocycles. The fraction of sp³-hybridized carbons (Fsp3) is 0.438. The van der Waals surface area contributed by atoms with Crippen LogP contribution in [0, 0.1) is 13.8 Å². The number of aliphatic hydroxyl groups is 1. The predicted molar refractivity (Wildman–Crippen MR) is 86.4 cm³/mol. The van der Waals surface area contributed by atoms with Gasteiger partial charge in [-0.3, -0.25) is 4.68 Å². The Bertz CT molecular complexity index is 579. The molecule has 2 aromatic rings. The fourth-order valence-electron chi connectivity index (χ4n) is 2.46. The number of para-hydroxylation sites is 1. The third-order valence-electron chi connectivity index (χ3n) is 3.76. The fourth-order valence-corrected chi connectivity index (χ4v) is 2.46. The van der Waals surface area contributed by atoms with Gasteiger partial charge in [-0.2, -0.15) is 5.10 Å². The number of hydrogen-bond donors (Lipinski definition) is 2. The van der Waals surface area contributed by atoms with E-state index in [2.05, 4.69) is 29.1 Å². The maximum absolute atomic E-state index is 10.3. The van der Waals surface area contributed by atoms with Crippen LogP contribution < -0.4 is 10.6 Å². The van der Waals surface area contributed by atoms with E-state index >= 15 is 0 Å². The molecular weight excluding hydrogens is 264 g/mol. The molecule has 0 amide bonds. The largest absolute Gasteiger partial charge is 0.396 e. The lowest BCUT2D eigenvalue weighted by atomic mass is 10.2. The van der Waals surface area contributed by atoms with Gasteiger partial charge in [0.15, 0.2) is 0 Å². The van der Waals surface area contributed by atoms with Crippen LogP contribution in [0.15, 0.2) is 30.3 Å². The van der Waals surface area contributed by atoms with Crippen LogP contribution in [0.4, 0.5) is 11.4 Å². The molecule has 1 aromatic carbocycles. The van der Waals surface area contributed by atoms with Gasteiger partial charge in [0.25, 0.3) is 0 Å². The van der Waals surface area contributed by atoms with Gasteiger partial charge in [0, 0.05) is 18.8 Å². The molecule has 0 saturated heterocycles. The average molecular weight is 288 g/mol. The predicted octanol–water partition coefficient (Wildman–Crippen LogP) is 1.97. The van der Waals surface area contributed by atoms with E-state index in [1.165, 1.54) is 0 Å². The molecule has 2 rings (SSSR count). The molecule has 5 nitrogen and oxygen atoms in total. The monoisotopic (exact) mass is 288 g/mol. The highest BCUT2D eigenvalue weighted by molar-refractivity contribution is 5.47. The van der Waals surface area contributed by atoms with E-state index in [1.807, 2.05) is 32.0 Å². The third-order valence-corrected chi connectivity index (χ3v) is 3.76. The number of nitrogens with two attached hydrogens (primary N) is 1. The average Bonchev–Trinajstić information content (AvgIpc) is 2.73. The molecule has 0 aliphatic carbocycles. The van der Waals surface area contributed by atoms with Crippen molar-refractivity contribution in [3.05, 3.63) is 41.7 Å². The summed E-state index contributed by atoms with van der Waals surface area (Å²) in [4.78, 5) is 2.15. The molecular formula is C16H24N4O. The molecule has 1 unspecified atom stereocenters. The second-order valence-electron chi connectivity index (χ2n) is 5.29. The quantitative estimate of drug-likeness (QED) is 0.853. The van der Waals surface area contributed by atoms with Crippen molar-refractivity contribution in [3.63, 3.8) is 0 Å². The molecule has 21 heavy (non-hydrogen) atoms. The number of nitrogen functional groups attached to an aromatic ring is 1. The van der Waals surface area contributed by atoms with E-state index in [0.717, 1.165) is 23.6 Å². The number of aliphatic hydroxyl groups excluding tert-OH is 1. The summed E-state index contributed by atoms with van der Waals surface area (Å²) < 4.78 is 1.79. The van der Waals surface area contributed by atoms with E-state index in [1.54, 1.807) is 4.68 Å². The van der Waals surface area contributed by atoms with Gasteiger partial charge in [-0.05, 0) is 32.9 Å². The Morgan fingerprint density at radius 1 is 1.29 bits per heavy atom. The van der Waals surface area contributed by atoms with Crippen molar-refractivity contribution in [3.8, 4) is 0 Å². The second-order valence-corrected chi connectivity index (χ2v) is 5.29. The Morgan fingerprint density at radius 3 is 2.48 bits per heavy atom. The molecule has 0 spiro atoms. The number of rotatable bonds is 6. The van der Waals surface area contributed by atoms with E-state index in [0.29, 0.717) is 18.8 Å². The molecule has 0 radical (unpaired) electrons. The highest BCUT2D eigenvalue weighted by atomic mass is 16.3. The lowest BCUT2D eigenvalue weighted by Gasteiger charge is -2.26. The molecule has 0 fully saturated rings. The Hall–Kier alpha value is -2.01. The summed E-state index contributed by atoms with van der Waals surface area (Å²) in [5.41, 5.74) is 9.47. The minimum atomic E-state index is -0.498. The van der Waals surface area contributed by atoms with Crippen molar-refractivity contribution in [1.82, 2.24) is 9.78 Å². The number of anilines is 2. The molecule has 114 valence electrons. The highest BCUT2D eigenvalue weighted by Crippen LogP contribution is 2.16. The van der Waals surface area contributed by atoms with Crippen LogP contribution in [-0.2, 0) is 6.54 Å². The van der Waals surface area contributed by atoms with E-state index in [4.69, 9.17) is 5.73 Å². The van der Waals surface area contributed by atoms with Crippen LogP contribution >= 0.6 is 0 Å². The van der Waals surface area contributed by atoms with Crippen LogP contribution in [0.25, 0.3) is 0 Å². The molecule has 0 bridgehead atoms. The van der Waals surface area contributed by atoms with Crippen molar-refractivity contribution in [2.45, 2.75) is 33.4 Å². The molecule has 0 aliphatic rings. The van der Waals surface area contributed by atoms with Gasteiger partial charge in [0.1, 0.15) is 0 Å². The summed E-state index contributed by atoms with van der Waals surface area (Å²) in [5, 5.41) is 14.7. The van der Waals surface area contributed by atoms with Crippen molar-refractivity contribution in [1.29, 1.82) is 0 Å². The normalized spacial score (nSPS) is 12.4. The SMILES string of the molecule is CCN(CC(O)Cn1nc(C)c(N)c1C)c1ccccc1. The summed E-state index contributed by atoms with van der Waals surface area (Å²) in [6.07, 6.45) is -0.498. The lowest BCUT2D eigenvalue weighted by molar-refractivity contribution is 0.153. The molecule has 3 N–H and O–H groups in total. The van der Waals surface area contributed by atoms with Crippen molar-refractivity contribution in [2.24, 2.45) is 0 Å². The molecule has 1 atom stereocenters. The first-order valence-electron chi connectivity index (χ1n) is 7.30.